The van der Waals surface area contributed by atoms with Gasteiger partial charge in [-0.05, 0) is 13.0 Å². The zero-order chi connectivity index (χ0) is 6.41. The molecule has 0 saturated carbocycles. The number of allylic oxidation sites excluding steroid dienone is 4. The summed E-state index contributed by atoms with van der Waals surface area (Å²) in [5, 5.41) is 0. The van der Waals surface area contributed by atoms with Gasteiger partial charge in [0.15, 0.2) is 0 Å². The van der Waals surface area contributed by atoms with Gasteiger partial charge in [0.25, 0.3) is 0 Å². The smallest absolute Gasteiger partial charge is 0.0867 e. The Morgan fingerprint density at radius 1 is 1.62 bits per heavy atom. The standard InChI is InChI=1S/C7H9F/c1-3-7(2)5-4-6-8/h3-6H,1H2,2H3. The van der Waals surface area contributed by atoms with Gasteiger partial charge in [-0.25, -0.2) is 4.39 Å². The van der Waals surface area contributed by atoms with Crippen LogP contribution in [0.25, 0.3) is 0 Å². The molecule has 0 amide bonds. The van der Waals surface area contributed by atoms with E-state index >= 15 is 0 Å². The maximum Gasteiger partial charge on any atom is 0.0867 e. The maximum atomic E-state index is 11.2. The summed E-state index contributed by atoms with van der Waals surface area (Å²) in [5.41, 5.74) is 0.957. The second-order valence-corrected chi connectivity index (χ2v) is 1.43. The van der Waals surface area contributed by atoms with Crippen molar-refractivity contribution in [2.75, 3.05) is 0 Å². The largest absolute Gasteiger partial charge is 0.216 e. The average molecular weight is 112 g/mol. The highest BCUT2D eigenvalue weighted by molar-refractivity contribution is 5.18. The Morgan fingerprint density at radius 3 is 2.62 bits per heavy atom. The van der Waals surface area contributed by atoms with E-state index in [0.717, 1.165) is 5.57 Å². The van der Waals surface area contributed by atoms with Crippen LogP contribution in [0.1, 0.15) is 6.92 Å². The molecule has 0 aliphatic heterocycles. The number of hydrogen-bond donors (Lipinski definition) is 0. The monoisotopic (exact) mass is 112 g/mol. The van der Waals surface area contributed by atoms with Gasteiger partial charge in [-0.1, -0.05) is 24.3 Å². The Labute approximate surface area is 49.0 Å². The molecule has 0 unspecified atom stereocenters. The Morgan fingerprint density at radius 2 is 2.25 bits per heavy atom. The van der Waals surface area contributed by atoms with E-state index in [1.165, 1.54) is 6.08 Å². The van der Waals surface area contributed by atoms with E-state index in [-0.39, 0.29) is 0 Å². The van der Waals surface area contributed by atoms with Crippen molar-refractivity contribution in [1.29, 1.82) is 0 Å². The van der Waals surface area contributed by atoms with Gasteiger partial charge in [-0.3, -0.25) is 0 Å². The molecule has 0 aromatic carbocycles. The molecule has 1 heteroatoms. The maximum absolute atomic E-state index is 11.2. The second kappa shape index (κ2) is 4.31. The number of rotatable bonds is 2. The zero-order valence-electron chi connectivity index (χ0n) is 4.89. The lowest BCUT2D eigenvalue weighted by atomic mass is 10.3. The van der Waals surface area contributed by atoms with Gasteiger partial charge in [0.1, 0.15) is 0 Å². The first-order valence-electron chi connectivity index (χ1n) is 2.37. The van der Waals surface area contributed by atoms with Crippen molar-refractivity contribution < 1.29 is 4.39 Å². The minimum atomic E-state index is 0.493. The van der Waals surface area contributed by atoms with Gasteiger partial charge in [-0.2, -0.15) is 0 Å². The van der Waals surface area contributed by atoms with Crippen molar-refractivity contribution >= 4 is 0 Å². The Hall–Kier alpha value is -0.850. The summed E-state index contributed by atoms with van der Waals surface area (Å²) < 4.78 is 11.2. The lowest BCUT2D eigenvalue weighted by molar-refractivity contribution is 0.721. The molecule has 8 heavy (non-hydrogen) atoms. The highest BCUT2D eigenvalue weighted by Crippen LogP contribution is 1.91. The molecule has 0 heterocycles. The van der Waals surface area contributed by atoms with Gasteiger partial charge >= 0.3 is 0 Å². The average Bonchev–Trinajstić information content (AvgIpc) is 1.83. The highest BCUT2D eigenvalue weighted by Gasteiger charge is 1.71. The van der Waals surface area contributed by atoms with Crippen LogP contribution in [0.3, 0.4) is 0 Å². The third-order valence-corrected chi connectivity index (χ3v) is 0.754. The van der Waals surface area contributed by atoms with Gasteiger partial charge in [0.2, 0.25) is 0 Å². The topological polar surface area (TPSA) is 0 Å². The lowest BCUT2D eigenvalue weighted by Crippen LogP contribution is -1.60. The first-order valence-corrected chi connectivity index (χ1v) is 2.37. The van der Waals surface area contributed by atoms with Gasteiger partial charge < -0.3 is 0 Å². The van der Waals surface area contributed by atoms with Crippen molar-refractivity contribution in [2.24, 2.45) is 0 Å². The molecule has 0 fully saturated rings. The third-order valence-electron chi connectivity index (χ3n) is 0.754. The molecule has 0 aliphatic carbocycles. The summed E-state index contributed by atoms with van der Waals surface area (Å²) in [6.45, 7) is 5.34. The molecule has 0 aromatic rings. The molecule has 0 saturated heterocycles. The first kappa shape index (κ1) is 7.15. The SMILES string of the molecule is C=CC(C)=CC=CF. The molecular weight excluding hydrogens is 103 g/mol. The summed E-state index contributed by atoms with van der Waals surface area (Å²) in [4.78, 5) is 0. The predicted molar refractivity (Wildman–Crippen MR) is 34.2 cm³/mol. The first-order chi connectivity index (χ1) is 3.81. The quantitative estimate of drug-likeness (QED) is 0.481. The molecule has 44 valence electrons. The van der Waals surface area contributed by atoms with Crippen molar-refractivity contribution in [1.82, 2.24) is 0 Å². The fourth-order valence-electron chi connectivity index (χ4n) is 0.256. The molecule has 0 bridgehead atoms. The normalized spacial score (nSPS) is 12.5. The molecule has 0 spiro atoms. The van der Waals surface area contributed by atoms with Crippen molar-refractivity contribution in [3.8, 4) is 0 Å². The van der Waals surface area contributed by atoms with Crippen LogP contribution in [0.4, 0.5) is 4.39 Å². The molecule has 0 atom stereocenters. The van der Waals surface area contributed by atoms with E-state index in [9.17, 15) is 4.39 Å². The van der Waals surface area contributed by atoms with Crippen LogP contribution in [0.5, 0.6) is 0 Å². The highest BCUT2D eigenvalue weighted by atomic mass is 19.1. The molecule has 0 rings (SSSR count). The fourth-order valence-corrected chi connectivity index (χ4v) is 0.256. The van der Waals surface area contributed by atoms with Crippen LogP contribution < -0.4 is 0 Å². The van der Waals surface area contributed by atoms with Crippen LogP contribution in [-0.2, 0) is 0 Å². The van der Waals surface area contributed by atoms with Gasteiger partial charge in [0.05, 0.1) is 6.33 Å². The van der Waals surface area contributed by atoms with E-state index in [1.807, 2.05) is 6.92 Å². The Balaban J connectivity index is 3.74. The van der Waals surface area contributed by atoms with Crippen LogP contribution in [0, 0.1) is 0 Å². The van der Waals surface area contributed by atoms with Crippen molar-refractivity contribution in [2.45, 2.75) is 6.92 Å². The van der Waals surface area contributed by atoms with Crippen molar-refractivity contribution in [3.05, 3.63) is 36.7 Å². The minimum absolute atomic E-state index is 0.493. The van der Waals surface area contributed by atoms with E-state index in [0.29, 0.717) is 6.33 Å². The summed E-state index contributed by atoms with van der Waals surface area (Å²) in [7, 11) is 0. The third kappa shape index (κ3) is 3.34. The van der Waals surface area contributed by atoms with Gasteiger partial charge in [-0.15, -0.1) is 0 Å². The molecule has 0 N–H and O–H groups in total. The molecule has 0 radical (unpaired) electrons. The Kier molecular flexibility index (Phi) is 3.85. The van der Waals surface area contributed by atoms with E-state index in [4.69, 9.17) is 0 Å². The van der Waals surface area contributed by atoms with Crippen molar-refractivity contribution in [3.63, 3.8) is 0 Å². The van der Waals surface area contributed by atoms with E-state index < -0.39 is 0 Å². The van der Waals surface area contributed by atoms with Crippen LogP contribution in [0.2, 0.25) is 0 Å². The molecule has 0 aliphatic rings. The molecule has 0 aromatic heterocycles. The van der Waals surface area contributed by atoms with E-state index in [2.05, 4.69) is 6.58 Å². The zero-order valence-corrected chi connectivity index (χ0v) is 4.89. The van der Waals surface area contributed by atoms with E-state index in [1.54, 1.807) is 12.2 Å². The number of halogens is 1. The second-order valence-electron chi connectivity index (χ2n) is 1.43. The summed E-state index contributed by atoms with van der Waals surface area (Å²) in [5.74, 6) is 0. The van der Waals surface area contributed by atoms with Crippen LogP contribution in [0.15, 0.2) is 36.7 Å². The lowest BCUT2D eigenvalue weighted by Gasteiger charge is -1.80. The summed E-state index contributed by atoms with van der Waals surface area (Å²) >= 11 is 0. The molecular formula is C7H9F. The summed E-state index contributed by atoms with van der Waals surface area (Å²) in [6.07, 6.45) is 5.14. The van der Waals surface area contributed by atoms with Crippen LogP contribution >= 0.6 is 0 Å². The van der Waals surface area contributed by atoms with Crippen LogP contribution in [-0.4, -0.2) is 0 Å². The fraction of sp³-hybridized carbons (Fsp3) is 0.143. The summed E-state index contributed by atoms with van der Waals surface area (Å²) in [6, 6.07) is 0. The Bertz CT molecular complexity index is 120. The number of hydrogen-bond acceptors (Lipinski definition) is 0. The van der Waals surface area contributed by atoms with Gasteiger partial charge in [0, 0.05) is 0 Å². The molecule has 0 nitrogen and oxygen atoms in total. The predicted octanol–water partition coefficient (Wildman–Crippen LogP) is 2.60. The minimum Gasteiger partial charge on any atom is -0.216 e.